The van der Waals surface area contributed by atoms with Crippen molar-refractivity contribution in [3.8, 4) is 5.75 Å². The average Bonchev–Trinajstić information content (AvgIpc) is 3.14. The average molecular weight is 418 g/mol. The van der Waals surface area contributed by atoms with Crippen molar-refractivity contribution in [2.45, 2.75) is 25.0 Å². The summed E-state index contributed by atoms with van der Waals surface area (Å²) in [6.07, 6.45) is 4.62. The van der Waals surface area contributed by atoms with Crippen molar-refractivity contribution in [3.63, 3.8) is 0 Å². The van der Waals surface area contributed by atoms with Gasteiger partial charge in [-0.3, -0.25) is 4.79 Å². The maximum atomic E-state index is 13.5. The van der Waals surface area contributed by atoms with Gasteiger partial charge in [0.15, 0.2) is 29.0 Å². The molecular formula is C19H23FN6O2S. The van der Waals surface area contributed by atoms with Crippen LogP contribution in [0.5, 0.6) is 5.75 Å². The number of para-hydroxylation sites is 1. The number of halogens is 1. The number of ether oxygens (including phenoxy) is 1. The summed E-state index contributed by atoms with van der Waals surface area (Å²) in [5, 5.41) is 11.9. The molecule has 29 heavy (non-hydrogen) atoms. The predicted molar refractivity (Wildman–Crippen MR) is 111 cm³/mol. The van der Waals surface area contributed by atoms with Gasteiger partial charge in [0.25, 0.3) is 5.91 Å². The predicted octanol–water partition coefficient (Wildman–Crippen LogP) is 2.70. The fourth-order valence-corrected chi connectivity index (χ4v) is 2.99. The Morgan fingerprint density at radius 2 is 2.10 bits per heavy atom. The van der Waals surface area contributed by atoms with Crippen molar-refractivity contribution in [2.24, 2.45) is 0 Å². The molecule has 1 amide bonds. The molecule has 0 radical (unpaired) electrons. The number of hydrogen-bond acceptors (Lipinski definition) is 7. The molecule has 0 unspecified atom stereocenters. The van der Waals surface area contributed by atoms with Crippen molar-refractivity contribution in [2.75, 3.05) is 31.3 Å². The Morgan fingerprint density at radius 3 is 2.86 bits per heavy atom. The molecule has 3 aromatic rings. The minimum absolute atomic E-state index is 0.0501. The fourth-order valence-electron chi connectivity index (χ4n) is 2.63. The molecule has 0 bridgehead atoms. The largest absolute Gasteiger partial charge is 0.481 e. The zero-order valence-electron chi connectivity index (χ0n) is 16.3. The molecule has 10 heteroatoms. The van der Waals surface area contributed by atoms with Crippen LogP contribution in [0.25, 0.3) is 11.0 Å². The van der Waals surface area contributed by atoms with E-state index in [0.29, 0.717) is 23.9 Å². The van der Waals surface area contributed by atoms with E-state index in [9.17, 15) is 9.18 Å². The van der Waals surface area contributed by atoms with Gasteiger partial charge in [-0.15, -0.1) is 0 Å². The lowest BCUT2D eigenvalue weighted by atomic mass is 10.3. The minimum Gasteiger partial charge on any atom is -0.481 e. The van der Waals surface area contributed by atoms with Crippen LogP contribution >= 0.6 is 11.8 Å². The van der Waals surface area contributed by atoms with Gasteiger partial charge in [-0.2, -0.15) is 5.10 Å². The van der Waals surface area contributed by atoms with E-state index >= 15 is 0 Å². The number of benzene rings is 1. The second-order valence-electron chi connectivity index (χ2n) is 6.16. The van der Waals surface area contributed by atoms with Crippen molar-refractivity contribution in [1.82, 2.24) is 25.1 Å². The first-order chi connectivity index (χ1) is 14.1. The molecular weight excluding hydrogens is 395 g/mol. The van der Waals surface area contributed by atoms with E-state index in [-0.39, 0.29) is 18.3 Å². The summed E-state index contributed by atoms with van der Waals surface area (Å²) in [6, 6.07) is 5.97. The third-order valence-corrected chi connectivity index (χ3v) is 4.59. The summed E-state index contributed by atoms with van der Waals surface area (Å²) in [6.45, 7) is 3.41. The van der Waals surface area contributed by atoms with E-state index in [1.165, 1.54) is 23.9 Å². The molecule has 0 spiro atoms. The fraction of sp³-hybridized carbons (Fsp3) is 0.368. The van der Waals surface area contributed by atoms with Gasteiger partial charge in [-0.1, -0.05) is 30.8 Å². The lowest BCUT2D eigenvalue weighted by Crippen LogP contribution is -2.31. The molecule has 1 aromatic carbocycles. The van der Waals surface area contributed by atoms with Crippen molar-refractivity contribution < 1.29 is 13.9 Å². The van der Waals surface area contributed by atoms with E-state index in [1.807, 2.05) is 6.26 Å². The number of aromatic nitrogens is 4. The smallest absolute Gasteiger partial charge is 0.258 e. The third kappa shape index (κ3) is 5.35. The standard InChI is InChI=1S/C19H23FN6O2S/c1-3-8-22-17-13-11-23-26(18(13)25-19(24-17)29-2)10-9-21-16(27)12-28-15-7-5-4-6-14(15)20/h4-7,11H,3,8-10,12H2,1-2H3,(H,21,27)(H,22,24,25). The van der Waals surface area contributed by atoms with Gasteiger partial charge >= 0.3 is 0 Å². The van der Waals surface area contributed by atoms with E-state index in [1.54, 1.807) is 23.0 Å². The summed E-state index contributed by atoms with van der Waals surface area (Å²) in [7, 11) is 0. The van der Waals surface area contributed by atoms with E-state index in [4.69, 9.17) is 4.74 Å². The summed E-state index contributed by atoms with van der Waals surface area (Å²) in [5.74, 6) is -0.0292. The number of thioether (sulfide) groups is 1. The van der Waals surface area contributed by atoms with E-state index in [2.05, 4.69) is 32.6 Å². The number of rotatable bonds is 10. The second-order valence-corrected chi connectivity index (χ2v) is 6.93. The third-order valence-electron chi connectivity index (χ3n) is 4.04. The number of amides is 1. The first-order valence-electron chi connectivity index (χ1n) is 9.27. The number of anilines is 1. The molecule has 2 heterocycles. The molecule has 0 saturated carbocycles. The quantitative estimate of drug-likeness (QED) is 0.386. The van der Waals surface area contributed by atoms with Gasteiger partial charge < -0.3 is 15.4 Å². The lowest BCUT2D eigenvalue weighted by molar-refractivity contribution is -0.123. The monoisotopic (exact) mass is 418 g/mol. The van der Waals surface area contributed by atoms with Crippen LogP contribution < -0.4 is 15.4 Å². The zero-order valence-corrected chi connectivity index (χ0v) is 17.1. The van der Waals surface area contributed by atoms with Gasteiger partial charge in [0.05, 0.1) is 18.1 Å². The number of carbonyl (C=O) groups is 1. The van der Waals surface area contributed by atoms with Crippen LogP contribution in [0.3, 0.4) is 0 Å². The molecule has 3 rings (SSSR count). The Balaban J connectivity index is 1.59. The SMILES string of the molecule is CCCNc1nc(SC)nc2c1cnn2CCNC(=O)COc1ccccc1F. The molecule has 2 N–H and O–H groups in total. The summed E-state index contributed by atoms with van der Waals surface area (Å²) >= 11 is 1.46. The first-order valence-corrected chi connectivity index (χ1v) is 10.5. The Kier molecular flexibility index (Phi) is 7.23. The molecule has 8 nitrogen and oxygen atoms in total. The highest BCUT2D eigenvalue weighted by molar-refractivity contribution is 7.98. The number of hydrogen-bond donors (Lipinski definition) is 2. The van der Waals surface area contributed by atoms with Crippen LogP contribution in [0.15, 0.2) is 35.6 Å². The van der Waals surface area contributed by atoms with E-state index in [0.717, 1.165) is 24.2 Å². The van der Waals surface area contributed by atoms with Crippen LogP contribution in [0.2, 0.25) is 0 Å². The molecule has 0 fully saturated rings. The maximum absolute atomic E-state index is 13.5. The Morgan fingerprint density at radius 1 is 1.28 bits per heavy atom. The first kappa shape index (κ1) is 20.8. The number of nitrogens with one attached hydrogen (secondary N) is 2. The van der Waals surface area contributed by atoms with Gasteiger partial charge in [0.1, 0.15) is 5.82 Å². The van der Waals surface area contributed by atoms with Gasteiger partial charge in [-0.05, 0) is 24.8 Å². The Labute approximate surface area is 172 Å². The highest BCUT2D eigenvalue weighted by Gasteiger charge is 2.13. The minimum atomic E-state index is -0.500. The normalized spacial score (nSPS) is 10.9. The van der Waals surface area contributed by atoms with Crippen molar-refractivity contribution in [1.29, 1.82) is 0 Å². The molecule has 2 aromatic heterocycles. The van der Waals surface area contributed by atoms with Crippen molar-refractivity contribution >= 4 is 34.5 Å². The number of nitrogens with zero attached hydrogens (tertiary/aromatic N) is 4. The van der Waals surface area contributed by atoms with Crippen LogP contribution in [0, 0.1) is 5.82 Å². The molecule has 0 aliphatic carbocycles. The van der Waals surface area contributed by atoms with Gasteiger partial charge in [-0.25, -0.2) is 19.0 Å². The summed E-state index contributed by atoms with van der Waals surface area (Å²) in [5.41, 5.74) is 0.708. The second kappa shape index (κ2) is 10.1. The number of carbonyl (C=O) groups excluding carboxylic acids is 1. The molecule has 154 valence electrons. The zero-order chi connectivity index (χ0) is 20.6. The van der Waals surface area contributed by atoms with Gasteiger partial charge in [0.2, 0.25) is 0 Å². The highest BCUT2D eigenvalue weighted by Crippen LogP contribution is 2.23. The van der Waals surface area contributed by atoms with Crippen molar-refractivity contribution in [3.05, 3.63) is 36.3 Å². The van der Waals surface area contributed by atoms with Crippen LogP contribution in [-0.2, 0) is 11.3 Å². The topological polar surface area (TPSA) is 94.0 Å². The highest BCUT2D eigenvalue weighted by atomic mass is 32.2. The summed E-state index contributed by atoms with van der Waals surface area (Å²) < 4.78 is 20.4. The molecule has 0 aliphatic heterocycles. The summed E-state index contributed by atoms with van der Waals surface area (Å²) in [4.78, 5) is 21.0. The van der Waals surface area contributed by atoms with Crippen LogP contribution in [0.4, 0.5) is 10.2 Å². The maximum Gasteiger partial charge on any atom is 0.258 e. The molecule has 0 atom stereocenters. The van der Waals surface area contributed by atoms with E-state index < -0.39 is 5.82 Å². The lowest BCUT2D eigenvalue weighted by Gasteiger charge is -2.09. The molecule has 0 saturated heterocycles. The Hall–Kier alpha value is -2.88. The van der Waals surface area contributed by atoms with Gasteiger partial charge in [0, 0.05) is 13.1 Å². The number of fused-ring (bicyclic) bond motifs is 1. The Bertz CT molecular complexity index is 980. The van der Waals surface area contributed by atoms with Crippen LogP contribution in [0.1, 0.15) is 13.3 Å². The van der Waals surface area contributed by atoms with Crippen LogP contribution in [-0.4, -0.2) is 51.6 Å². The molecule has 0 aliphatic rings.